The molecule has 0 saturated heterocycles. The molecular formula is C16H27NO3. The fourth-order valence-corrected chi connectivity index (χ4v) is 2.18. The predicted molar refractivity (Wildman–Crippen MR) is 81.5 cm³/mol. The standard InChI is InChI=1S/C16H27NO3/c1-6-11(3)17-13(7-2)16(18)12-8-9-14(19-4)15(10-12)20-5/h8-11,13,16-18H,6-7H2,1-5H3. The van der Waals surface area contributed by atoms with Crippen molar-refractivity contribution in [1.82, 2.24) is 5.32 Å². The maximum atomic E-state index is 10.5. The van der Waals surface area contributed by atoms with Crippen LogP contribution in [0.1, 0.15) is 45.3 Å². The number of nitrogens with one attached hydrogen (secondary N) is 1. The topological polar surface area (TPSA) is 50.7 Å². The lowest BCUT2D eigenvalue weighted by Crippen LogP contribution is -2.40. The third kappa shape index (κ3) is 4.12. The molecule has 20 heavy (non-hydrogen) atoms. The number of aliphatic hydroxyl groups excluding tert-OH is 1. The Morgan fingerprint density at radius 1 is 1.10 bits per heavy atom. The summed E-state index contributed by atoms with van der Waals surface area (Å²) >= 11 is 0. The Kier molecular flexibility index (Phi) is 6.82. The molecule has 3 unspecified atom stereocenters. The van der Waals surface area contributed by atoms with E-state index in [-0.39, 0.29) is 6.04 Å². The molecule has 0 spiro atoms. The van der Waals surface area contributed by atoms with Gasteiger partial charge >= 0.3 is 0 Å². The van der Waals surface area contributed by atoms with Crippen molar-refractivity contribution in [2.45, 2.75) is 51.8 Å². The number of hydrogen-bond acceptors (Lipinski definition) is 4. The average molecular weight is 281 g/mol. The summed E-state index contributed by atoms with van der Waals surface area (Å²) in [5.41, 5.74) is 0.838. The lowest BCUT2D eigenvalue weighted by atomic mass is 9.98. The Morgan fingerprint density at radius 3 is 2.25 bits per heavy atom. The highest BCUT2D eigenvalue weighted by atomic mass is 16.5. The second-order valence-electron chi connectivity index (χ2n) is 5.05. The van der Waals surface area contributed by atoms with E-state index < -0.39 is 6.10 Å². The van der Waals surface area contributed by atoms with Crippen molar-refractivity contribution in [1.29, 1.82) is 0 Å². The van der Waals surface area contributed by atoms with Gasteiger partial charge in [-0.3, -0.25) is 0 Å². The van der Waals surface area contributed by atoms with E-state index in [1.54, 1.807) is 14.2 Å². The molecule has 1 rings (SSSR count). The minimum absolute atomic E-state index is 0.0306. The molecule has 0 aliphatic heterocycles. The molecule has 0 bridgehead atoms. The smallest absolute Gasteiger partial charge is 0.161 e. The van der Waals surface area contributed by atoms with Crippen molar-refractivity contribution in [2.24, 2.45) is 0 Å². The van der Waals surface area contributed by atoms with E-state index in [0.29, 0.717) is 17.5 Å². The second-order valence-corrected chi connectivity index (χ2v) is 5.05. The zero-order chi connectivity index (χ0) is 15.1. The van der Waals surface area contributed by atoms with Gasteiger partial charge in [0.15, 0.2) is 11.5 Å². The molecule has 2 N–H and O–H groups in total. The number of hydrogen-bond donors (Lipinski definition) is 2. The lowest BCUT2D eigenvalue weighted by molar-refractivity contribution is 0.119. The molecule has 0 fully saturated rings. The molecule has 4 heteroatoms. The second kappa shape index (κ2) is 8.12. The van der Waals surface area contributed by atoms with Crippen LogP contribution in [-0.4, -0.2) is 31.4 Å². The fourth-order valence-electron chi connectivity index (χ4n) is 2.18. The lowest BCUT2D eigenvalue weighted by Gasteiger charge is -2.27. The fraction of sp³-hybridized carbons (Fsp3) is 0.625. The Balaban J connectivity index is 2.91. The van der Waals surface area contributed by atoms with Gasteiger partial charge in [-0.05, 0) is 37.5 Å². The van der Waals surface area contributed by atoms with E-state index in [0.717, 1.165) is 18.4 Å². The molecule has 0 aromatic heterocycles. The molecule has 0 aliphatic rings. The van der Waals surface area contributed by atoms with E-state index >= 15 is 0 Å². The highest BCUT2D eigenvalue weighted by Gasteiger charge is 2.21. The van der Waals surface area contributed by atoms with Crippen molar-refractivity contribution in [3.63, 3.8) is 0 Å². The highest BCUT2D eigenvalue weighted by molar-refractivity contribution is 5.43. The largest absolute Gasteiger partial charge is 0.493 e. The quantitative estimate of drug-likeness (QED) is 0.769. The minimum atomic E-state index is -0.561. The average Bonchev–Trinajstić information content (AvgIpc) is 2.50. The van der Waals surface area contributed by atoms with Gasteiger partial charge < -0.3 is 19.9 Å². The number of methoxy groups -OCH3 is 2. The first-order valence-corrected chi connectivity index (χ1v) is 7.23. The first-order valence-electron chi connectivity index (χ1n) is 7.23. The van der Waals surface area contributed by atoms with Gasteiger partial charge in [0.1, 0.15) is 0 Å². The summed E-state index contributed by atoms with van der Waals surface area (Å²) in [7, 11) is 3.20. The first-order chi connectivity index (χ1) is 9.57. The van der Waals surface area contributed by atoms with Gasteiger partial charge in [0.2, 0.25) is 0 Å². The van der Waals surface area contributed by atoms with Crippen LogP contribution in [0.2, 0.25) is 0 Å². The highest BCUT2D eigenvalue weighted by Crippen LogP contribution is 2.31. The van der Waals surface area contributed by atoms with Crippen LogP contribution in [0.4, 0.5) is 0 Å². The third-order valence-electron chi connectivity index (χ3n) is 3.68. The normalized spacial score (nSPS) is 15.5. The van der Waals surface area contributed by atoms with Gasteiger partial charge in [-0.25, -0.2) is 0 Å². The molecule has 1 aromatic rings. The van der Waals surface area contributed by atoms with Crippen LogP contribution >= 0.6 is 0 Å². The summed E-state index contributed by atoms with van der Waals surface area (Å²) in [5.74, 6) is 1.31. The summed E-state index contributed by atoms with van der Waals surface area (Å²) in [4.78, 5) is 0. The van der Waals surface area contributed by atoms with Crippen LogP contribution in [0.5, 0.6) is 11.5 Å². The number of aliphatic hydroxyl groups is 1. The Bertz CT molecular complexity index is 409. The van der Waals surface area contributed by atoms with Gasteiger partial charge in [0.25, 0.3) is 0 Å². The number of ether oxygens (including phenoxy) is 2. The Labute approximate surface area is 122 Å². The van der Waals surface area contributed by atoms with Crippen molar-refractivity contribution in [3.05, 3.63) is 23.8 Å². The molecule has 1 aromatic carbocycles. The molecule has 0 radical (unpaired) electrons. The molecule has 0 amide bonds. The number of rotatable bonds is 8. The summed E-state index contributed by atoms with van der Waals surface area (Å²) in [5, 5.41) is 14.0. The van der Waals surface area contributed by atoms with Gasteiger partial charge in [0, 0.05) is 12.1 Å². The minimum Gasteiger partial charge on any atom is -0.493 e. The molecule has 114 valence electrons. The monoisotopic (exact) mass is 281 g/mol. The zero-order valence-electron chi connectivity index (χ0n) is 13.1. The van der Waals surface area contributed by atoms with Gasteiger partial charge in [-0.15, -0.1) is 0 Å². The predicted octanol–water partition coefficient (Wildman–Crippen LogP) is 2.90. The third-order valence-corrected chi connectivity index (χ3v) is 3.68. The summed E-state index contributed by atoms with van der Waals surface area (Å²) in [6, 6.07) is 5.96. The maximum Gasteiger partial charge on any atom is 0.161 e. The molecular weight excluding hydrogens is 254 g/mol. The van der Waals surface area contributed by atoms with E-state index in [4.69, 9.17) is 9.47 Å². The Hall–Kier alpha value is -1.26. The van der Waals surface area contributed by atoms with Crippen LogP contribution in [-0.2, 0) is 0 Å². The van der Waals surface area contributed by atoms with Crippen LogP contribution in [0, 0.1) is 0 Å². The van der Waals surface area contributed by atoms with Crippen molar-refractivity contribution >= 4 is 0 Å². The maximum absolute atomic E-state index is 10.5. The van der Waals surface area contributed by atoms with Crippen molar-refractivity contribution in [3.8, 4) is 11.5 Å². The number of benzene rings is 1. The van der Waals surface area contributed by atoms with Gasteiger partial charge in [-0.1, -0.05) is 19.9 Å². The van der Waals surface area contributed by atoms with Crippen LogP contribution in [0.15, 0.2) is 18.2 Å². The van der Waals surface area contributed by atoms with Crippen LogP contribution < -0.4 is 14.8 Å². The molecule has 0 aliphatic carbocycles. The van der Waals surface area contributed by atoms with Crippen LogP contribution in [0.25, 0.3) is 0 Å². The van der Waals surface area contributed by atoms with E-state index in [2.05, 4.69) is 26.1 Å². The van der Waals surface area contributed by atoms with E-state index in [1.807, 2.05) is 18.2 Å². The summed E-state index contributed by atoms with van der Waals surface area (Å²) < 4.78 is 10.5. The zero-order valence-corrected chi connectivity index (χ0v) is 13.1. The SMILES string of the molecule is CCC(C)NC(CC)C(O)c1ccc(OC)c(OC)c1. The van der Waals surface area contributed by atoms with Crippen molar-refractivity contribution < 1.29 is 14.6 Å². The molecule has 0 heterocycles. The van der Waals surface area contributed by atoms with Crippen molar-refractivity contribution in [2.75, 3.05) is 14.2 Å². The Morgan fingerprint density at radius 2 is 1.75 bits per heavy atom. The van der Waals surface area contributed by atoms with E-state index in [1.165, 1.54) is 0 Å². The van der Waals surface area contributed by atoms with Gasteiger partial charge in [0.05, 0.1) is 20.3 Å². The molecule has 3 atom stereocenters. The summed E-state index contributed by atoms with van der Waals surface area (Å²) in [6.07, 6.45) is 1.34. The van der Waals surface area contributed by atoms with Crippen LogP contribution in [0.3, 0.4) is 0 Å². The molecule has 0 saturated carbocycles. The molecule has 4 nitrogen and oxygen atoms in total. The van der Waals surface area contributed by atoms with E-state index in [9.17, 15) is 5.11 Å². The first kappa shape index (κ1) is 16.8. The van der Waals surface area contributed by atoms with Gasteiger partial charge in [-0.2, -0.15) is 0 Å². The summed E-state index contributed by atoms with van der Waals surface area (Å²) in [6.45, 7) is 6.33.